The molecular weight excluding hydrogens is 362 g/mol. The summed E-state index contributed by atoms with van der Waals surface area (Å²) in [6, 6.07) is 9.94. The first-order valence-corrected chi connectivity index (χ1v) is 10.6. The zero-order valence-corrected chi connectivity index (χ0v) is 17.4. The molecule has 0 aliphatic heterocycles. The molecule has 0 saturated carbocycles. The van der Waals surface area contributed by atoms with E-state index in [1.165, 1.54) is 0 Å². The first-order valence-electron chi connectivity index (χ1n) is 8.93. The van der Waals surface area contributed by atoms with Crippen LogP contribution in [0.15, 0.2) is 47.7 Å². The van der Waals surface area contributed by atoms with E-state index < -0.39 is 14.6 Å². The minimum atomic E-state index is -3.17. The van der Waals surface area contributed by atoms with Gasteiger partial charge in [-0.3, -0.25) is 4.99 Å². The SMILES string of the molecule is CN=C(NCCS(=O)(=O)C(C)(C)C)NC(C)c1cccc(-n2cccn2)c1. The Labute approximate surface area is 161 Å². The third kappa shape index (κ3) is 5.56. The Hall–Kier alpha value is -2.35. The standard InChI is InChI=1S/C19H29N5O2S/c1-15(16-8-6-9-17(14-16)24-12-7-10-22-24)23-18(20-5)21-11-13-27(25,26)19(2,3)4/h6-10,12,14-15H,11,13H2,1-5H3,(H2,20,21,23). The molecule has 0 fully saturated rings. The van der Waals surface area contributed by atoms with E-state index in [1.54, 1.807) is 38.7 Å². The summed E-state index contributed by atoms with van der Waals surface area (Å²) < 4.78 is 25.5. The van der Waals surface area contributed by atoms with E-state index in [4.69, 9.17) is 0 Å². The lowest BCUT2D eigenvalue weighted by Gasteiger charge is -2.21. The van der Waals surface area contributed by atoms with Gasteiger partial charge in [-0.2, -0.15) is 5.10 Å². The van der Waals surface area contributed by atoms with Crippen molar-refractivity contribution in [1.29, 1.82) is 0 Å². The second-order valence-corrected chi connectivity index (χ2v) is 10.2. The van der Waals surface area contributed by atoms with Crippen LogP contribution in [0.5, 0.6) is 0 Å². The molecule has 0 amide bonds. The highest BCUT2D eigenvalue weighted by Crippen LogP contribution is 2.17. The van der Waals surface area contributed by atoms with Gasteiger partial charge in [0.25, 0.3) is 0 Å². The van der Waals surface area contributed by atoms with E-state index in [2.05, 4.69) is 26.8 Å². The zero-order chi connectivity index (χ0) is 20.1. The predicted molar refractivity (Wildman–Crippen MR) is 110 cm³/mol. The molecule has 7 nitrogen and oxygen atoms in total. The Morgan fingerprint density at radius 3 is 2.63 bits per heavy atom. The topological polar surface area (TPSA) is 88.4 Å². The molecule has 148 valence electrons. The van der Waals surface area contributed by atoms with Gasteiger partial charge < -0.3 is 10.6 Å². The van der Waals surface area contributed by atoms with Gasteiger partial charge in [0.05, 0.1) is 22.2 Å². The molecule has 1 aromatic heterocycles. The Balaban J connectivity index is 1.98. The number of benzene rings is 1. The summed E-state index contributed by atoms with van der Waals surface area (Å²) in [4.78, 5) is 4.19. The fourth-order valence-electron chi connectivity index (χ4n) is 2.45. The van der Waals surface area contributed by atoms with Crippen LogP contribution in [0.1, 0.15) is 39.3 Å². The van der Waals surface area contributed by atoms with Crippen LogP contribution < -0.4 is 10.6 Å². The van der Waals surface area contributed by atoms with Crippen LogP contribution in [0, 0.1) is 0 Å². The normalized spacial score (nSPS) is 14.0. The molecular formula is C19H29N5O2S. The largest absolute Gasteiger partial charge is 0.355 e. The Bertz CT molecular complexity index is 868. The van der Waals surface area contributed by atoms with E-state index in [-0.39, 0.29) is 11.8 Å². The number of hydrogen-bond donors (Lipinski definition) is 2. The van der Waals surface area contributed by atoms with Crippen LogP contribution in [0.3, 0.4) is 0 Å². The van der Waals surface area contributed by atoms with Crippen LogP contribution in [0.4, 0.5) is 0 Å². The van der Waals surface area contributed by atoms with Gasteiger partial charge >= 0.3 is 0 Å². The van der Waals surface area contributed by atoms with Crippen LogP contribution >= 0.6 is 0 Å². The number of nitrogens with one attached hydrogen (secondary N) is 2. The molecule has 2 aromatic rings. The van der Waals surface area contributed by atoms with Crippen molar-refractivity contribution in [3.8, 4) is 5.69 Å². The molecule has 2 N–H and O–H groups in total. The number of aliphatic imine (C=N–C) groups is 1. The number of rotatable bonds is 6. The van der Waals surface area contributed by atoms with Crippen LogP contribution in [-0.4, -0.2) is 48.3 Å². The minimum absolute atomic E-state index is 0.00839. The maximum Gasteiger partial charge on any atom is 0.191 e. The van der Waals surface area contributed by atoms with Crippen molar-refractivity contribution in [3.05, 3.63) is 48.3 Å². The van der Waals surface area contributed by atoms with Crippen molar-refractivity contribution in [2.45, 2.75) is 38.5 Å². The Morgan fingerprint density at radius 2 is 2.04 bits per heavy atom. The molecule has 1 aromatic carbocycles. The van der Waals surface area contributed by atoms with Crippen molar-refractivity contribution in [2.24, 2.45) is 4.99 Å². The number of hydrogen-bond acceptors (Lipinski definition) is 4. The quantitative estimate of drug-likeness (QED) is 0.583. The first kappa shape index (κ1) is 21.0. The monoisotopic (exact) mass is 391 g/mol. The maximum atomic E-state index is 12.2. The van der Waals surface area contributed by atoms with Gasteiger partial charge in [0.15, 0.2) is 15.8 Å². The lowest BCUT2D eigenvalue weighted by Crippen LogP contribution is -2.42. The molecule has 0 radical (unpaired) electrons. The zero-order valence-electron chi connectivity index (χ0n) is 16.6. The van der Waals surface area contributed by atoms with E-state index in [1.807, 2.05) is 37.4 Å². The molecule has 8 heteroatoms. The summed E-state index contributed by atoms with van der Waals surface area (Å²) in [6.45, 7) is 7.47. The van der Waals surface area contributed by atoms with Gasteiger partial charge in [-0.05, 0) is 51.5 Å². The van der Waals surface area contributed by atoms with Gasteiger partial charge in [-0.1, -0.05) is 12.1 Å². The first-order chi connectivity index (χ1) is 12.6. The summed E-state index contributed by atoms with van der Waals surface area (Å²) in [6.07, 6.45) is 3.64. The molecule has 1 atom stereocenters. The smallest absolute Gasteiger partial charge is 0.191 e. The third-order valence-electron chi connectivity index (χ3n) is 4.31. The van der Waals surface area contributed by atoms with Gasteiger partial charge in [0.1, 0.15) is 0 Å². The van der Waals surface area contributed by atoms with Crippen molar-refractivity contribution in [3.63, 3.8) is 0 Å². The lowest BCUT2D eigenvalue weighted by molar-refractivity contribution is 0.558. The van der Waals surface area contributed by atoms with Crippen molar-refractivity contribution in [2.75, 3.05) is 19.3 Å². The number of nitrogens with zero attached hydrogens (tertiary/aromatic N) is 3. The highest BCUT2D eigenvalue weighted by Gasteiger charge is 2.28. The fourth-order valence-corrected chi connectivity index (χ4v) is 3.43. The highest BCUT2D eigenvalue weighted by atomic mass is 32.2. The maximum absolute atomic E-state index is 12.2. The van der Waals surface area contributed by atoms with Gasteiger partial charge in [-0.15, -0.1) is 0 Å². The fraction of sp³-hybridized carbons (Fsp3) is 0.474. The molecule has 1 heterocycles. The van der Waals surface area contributed by atoms with E-state index in [9.17, 15) is 8.42 Å². The molecule has 0 saturated heterocycles. The minimum Gasteiger partial charge on any atom is -0.355 e. The second-order valence-electron chi connectivity index (χ2n) is 7.34. The van der Waals surface area contributed by atoms with E-state index >= 15 is 0 Å². The molecule has 0 aliphatic rings. The number of guanidine groups is 1. The van der Waals surface area contributed by atoms with Crippen LogP contribution in [0.2, 0.25) is 0 Å². The average molecular weight is 392 g/mol. The predicted octanol–water partition coefficient (Wildman–Crippen LogP) is 2.31. The Morgan fingerprint density at radius 1 is 1.30 bits per heavy atom. The summed E-state index contributed by atoms with van der Waals surface area (Å²) in [5.41, 5.74) is 2.05. The molecule has 1 unspecified atom stereocenters. The molecule has 2 rings (SSSR count). The second kappa shape index (κ2) is 8.56. The van der Waals surface area contributed by atoms with Gasteiger partial charge in [0.2, 0.25) is 0 Å². The summed E-state index contributed by atoms with van der Waals surface area (Å²) in [5.74, 6) is 0.622. The summed E-state index contributed by atoms with van der Waals surface area (Å²) in [5, 5.41) is 10.6. The van der Waals surface area contributed by atoms with Crippen molar-refractivity contribution >= 4 is 15.8 Å². The van der Waals surface area contributed by atoms with E-state index in [0.29, 0.717) is 12.5 Å². The van der Waals surface area contributed by atoms with Gasteiger partial charge in [0, 0.05) is 26.0 Å². The molecule has 0 bridgehead atoms. The molecule has 0 aliphatic carbocycles. The molecule has 27 heavy (non-hydrogen) atoms. The highest BCUT2D eigenvalue weighted by molar-refractivity contribution is 7.92. The summed E-state index contributed by atoms with van der Waals surface area (Å²) in [7, 11) is -1.50. The number of sulfone groups is 1. The lowest BCUT2D eigenvalue weighted by atomic mass is 10.1. The number of aromatic nitrogens is 2. The van der Waals surface area contributed by atoms with Crippen molar-refractivity contribution < 1.29 is 8.42 Å². The van der Waals surface area contributed by atoms with E-state index in [0.717, 1.165) is 11.3 Å². The third-order valence-corrected chi connectivity index (χ3v) is 6.92. The van der Waals surface area contributed by atoms with Gasteiger partial charge in [-0.25, -0.2) is 13.1 Å². The van der Waals surface area contributed by atoms with Crippen molar-refractivity contribution in [1.82, 2.24) is 20.4 Å². The Kier molecular flexibility index (Phi) is 6.64. The average Bonchev–Trinajstić information content (AvgIpc) is 3.14. The van der Waals surface area contributed by atoms with Crippen LogP contribution in [-0.2, 0) is 9.84 Å². The summed E-state index contributed by atoms with van der Waals surface area (Å²) >= 11 is 0. The molecule has 0 spiro atoms. The van der Waals surface area contributed by atoms with Crippen LogP contribution in [0.25, 0.3) is 5.69 Å².